The van der Waals surface area contributed by atoms with Crippen molar-refractivity contribution in [3.8, 4) is 11.5 Å². The van der Waals surface area contributed by atoms with Gasteiger partial charge in [-0.05, 0) is 23.7 Å². The standard InChI is InChI=1S/C14H23BrO4Si/c1-17-13-8-12(15)11(9-16)7-14(13)19-10-18-5-6-20(2,3)4/h7-8,16H,5-6,9-10H2,1-4H3. The Bertz CT molecular complexity index is 432. The molecule has 0 bridgehead atoms. The fourth-order valence-electron chi connectivity index (χ4n) is 1.51. The van der Waals surface area contributed by atoms with E-state index in [2.05, 4.69) is 35.6 Å². The first kappa shape index (κ1) is 17.5. The molecule has 0 saturated carbocycles. The van der Waals surface area contributed by atoms with Gasteiger partial charge in [-0.3, -0.25) is 0 Å². The second-order valence-electron chi connectivity index (χ2n) is 5.73. The van der Waals surface area contributed by atoms with E-state index in [0.29, 0.717) is 18.1 Å². The second kappa shape index (κ2) is 8.02. The molecule has 0 fully saturated rings. The van der Waals surface area contributed by atoms with Gasteiger partial charge < -0.3 is 19.3 Å². The second-order valence-corrected chi connectivity index (χ2v) is 12.2. The number of aliphatic hydroxyl groups excluding tert-OH is 1. The first-order chi connectivity index (χ1) is 9.37. The van der Waals surface area contributed by atoms with Crippen molar-refractivity contribution in [2.24, 2.45) is 0 Å². The first-order valence-corrected chi connectivity index (χ1v) is 11.0. The molecule has 0 unspecified atom stereocenters. The molecule has 0 aliphatic heterocycles. The van der Waals surface area contributed by atoms with Crippen molar-refractivity contribution in [2.45, 2.75) is 32.3 Å². The molecule has 0 atom stereocenters. The summed E-state index contributed by atoms with van der Waals surface area (Å²) in [6, 6.07) is 4.64. The predicted octanol–water partition coefficient (Wildman–Crippen LogP) is 3.64. The zero-order valence-electron chi connectivity index (χ0n) is 12.5. The monoisotopic (exact) mass is 362 g/mol. The maximum atomic E-state index is 9.25. The van der Waals surface area contributed by atoms with Gasteiger partial charge in [0.25, 0.3) is 0 Å². The van der Waals surface area contributed by atoms with Crippen LogP contribution in [0.5, 0.6) is 11.5 Å². The Morgan fingerprint density at radius 1 is 1.20 bits per heavy atom. The Hall–Kier alpha value is -0.563. The van der Waals surface area contributed by atoms with Gasteiger partial charge in [-0.1, -0.05) is 35.6 Å². The molecule has 0 spiro atoms. The van der Waals surface area contributed by atoms with E-state index in [1.54, 1.807) is 19.2 Å². The minimum atomic E-state index is -1.07. The Kier molecular flexibility index (Phi) is 7.01. The summed E-state index contributed by atoms with van der Waals surface area (Å²) in [5, 5.41) is 9.25. The maximum absolute atomic E-state index is 9.25. The number of aliphatic hydroxyl groups is 1. The molecule has 20 heavy (non-hydrogen) atoms. The van der Waals surface area contributed by atoms with Crippen LogP contribution >= 0.6 is 15.9 Å². The number of hydrogen-bond donors (Lipinski definition) is 1. The molecule has 4 nitrogen and oxygen atoms in total. The van der Waals surface area contributed by atoms with Crippen LogP contribution in [0.15, 0.2) is 16.6 Å². The highest BCUT2D eigenvalue weighted by atomic mass is 79.9. The summed E-state index contributed by atoms with van der Waals surface area (Å²) >= 11 is 3.37. The summed E-state index contributed by atoms with van der Waals surface area (Å²) in [5.41, 5.74) is 0.753. The average molecular weight is 363 g/mol. The molecule has 6 heteroatoms. The first-order valence-electron chi connectivity index (χ1n) is 6.55. The van der Waals surface area contributed by atoms with Crippen LogP contribution < -0.4 is 9.47 Å². The molecule has 114 valence electrons. The fraction of sp³-hybridized carbons (Fsp3) is 0.571. The van der Waals surface area contributed by atoms with Gasteiger partial charge in [0.15, 0.2) is 18.3 Å². The molecular formula is C14H23BrO4Si. The van der Waals surface area contributed by atoms with Gasteiger partial charge in [0.1, 0.15) is 0 Å². The van der Waals surface area contributed by atoms with Gasteiger partial charge in [0, 0.05) is 19.2 Å². The highest BCUT2D eigenvalue weighted by Gasteiger charge is 2.13. The van der Waals surface area contributed by atoms with E-state index in [-0.39, 0.29) is 13.4 Å². The summed E-state index contributed by atoms with van der Waals surface area (Å²) in [6.45, 7) is 7.76. The van der Waals surface area contributed by atoms with Crippen LogP contribution in [-0.2, 0) is 11.3 Å². The Balaban J connectivity index is 2.54. The Morgan fingerprint density at radius 2 is 1.90 bits per heavy atom. The Labute approximate surface area is 130 Å². The minimum absolute atomic E-state index is 0.0581. The lowest BCUT2D eigenvalue weighted by molar-refractivity contribution is 0.0204. The quantitative estimate of drug-likeness (QED) is 0.435. The number of methoxy groups -OCH3 is 1. The molecule has 1 aromatic rings. The zero-order chi connectivity index (χ0) is 15.2. The summed E-state index contributed by atoms with van der Waals surface area (Å²) < 4.78 is 17.1. The largest absolute Gasteiger partial charge is 0.493 e. The van der Waals surface area contributed by atoms with E-state index < -0.39 is 8.07 Å². The molecule has 0 saturated heterocycles. The van der Waals surface area contributed by atoms with Crippen LogP contribution in [-0.4, -0.2) is 33.7 Å². The van der Waals surface area contributed by atoms with Gasteiger partial charge >= 0.3 is 0 Å². The molecule has 0 aliphatic carbocycles. The molecule has 0 radical (unpaired) electrons. The predicted molar refractivity (Wildman–Crippen MR) is 86.2 cm³/mol. The molecule has 1 rings (SSSR count). The van der Waals surface area contributed by atoms with E-state index in [0.717, 1.165) is 16.1 Å². The fourth-order valence-corrected chi connectivity index (χ4v) is 2.72. The average Bonchev–Trinajstić information content (AvgIpc) is 2.38. The smallest absolute Gasteiger partial charge is 0.189 e. The van der Waals surface area contributed by atoms with Crippen molar-refractivity contribution >= 4 is 24.0 Å². The third-order valence-electron chi connectivity index (χ3n) is 2.80. The van der Waals surface area contributed by atoms with Gasteiger partial charge in [-0.2, -0.15) is 0 Å². The van der Waals surface area contributed by atoms with Crippen molar-refractivity contribution in [3.05, 3.63) is 22.2 Å². The molecule has 0 heterocycles. The van der Waals surface area contributed by atoms with E-state index in [4.69, 9.17) is 14.2 Å². The molecule has 0 aliphatic rings. The third kappa shape index (κ3) is 5.83. The van der Waals surface area contributed by atoms with Crippen LogP contribution in [0.2, 0.25) is 25.7 Å². The van der Waals surface area contributed by atoms with Crippen molar-refractivity contribution in [3.63, 3.8) is 0 Å². The topological polar surface area (TPSA) is 47.9 Å². The number of benzene rings is 1. The Morgan fingerprint density at radius 3 is 2.45 bits per heavy atom. The lowest BCUT2D eigenvalue weighted by Gasteiger charge is -2.16. The number of halogens is 1. The molecular weight excluding hydrogens is 340 g/mol. The van der Waals surface area contributed by atoms with E-state index in [9.17, 15) is 5.11 Å². The van der Waals surface area contributed by atoms with Crippen molar-refractivity contribution < 1.29 is 19.3 Å². The summed E-state index contributed by atoms with van der Waals surface area (Å²) in [7, 11) is 0.512. The molecule has 0 aromatic heterocycles. The summed E-state index contributed by atoms with van der Waals surface area (Å²) in [6.07, 6.45) is 0. The zero-order valence-corrected chi connectivity index (χ0v) is 15.1. The third-order valence-corrected chi connectivity index (χ3v) is 5.24. The number of hydrogen-bond acceptors (Lipinski definition) is 4. The van der Waals surface area contributed by atoms with Crippen LogP contribution in [0.4, 0.5) is 0 Å². The highest BCUT2D eigenvalue weighted by molar-refractivity contribution is 9.10. The van der Waals surface area contributed by atoms with E-state index in [1.165, 1.54) is 0 Å². The van der Waals surface area contributed by atoms with Gasteiger partial charge in [-0.15, -0.1) is 0 Å². The van der Waals surface area contributed by atoms with E-state index in [1.807, 2.05) is 0 Å². The van der Waals surface area contributed by atoms with Gasteiger partial charge in [0.05, 0.1) is 13.7 Å². The lowest BCUT2D eigenvalue weighted by Crippen LogP contribution is -2.22. The van der Waals surface area contributed by atoms with Crippen molar-refractivity contribution in [1.82, 2.24) is 0 Å². The SMILES string of the molecule is COc1cc(Br)c(CO)cc1OCOCC[Si](C)(C)C. The van der Waals surface area contributed by atoms with E-state index >= 15 is 0 Å². The summed E-state index contributed by atoms with van der Waals surface area (Å²) in [4.78, 5) is 0. The minimum Gasteiger partial charge on any atom is -0.493 e. The number of rotatable bonds is 8. The maximum Gasteiger partial charge on any atom is 0.189 e. The lowest BCUT2D eigenvalue weighted by atomic mass is 10.2. The summed E-state index contributed by atoms with van der Waals surface area (Å²) in [5.74, 6) is 1.19. The van der Waals surface area contributed by atoms with Crippen LogP contribution in [0.1, 0.15) is 5.56 Å². The van der Waals surface area contributed by atoms with Gasteiger partial charge in [-0.25, -0.2) is 0 Å². The molecule has 1 aromatic carbocycles. The van der Waals surface area contributed by atoms with Crippen molar-refractivity contribution in [1.29, 1.82) is 0 Å². The van der Waals surface area contributed by atoms with Gasteiger partial charge in [0.2, 0.25) is 0 Å². The normalized spacial score (nSPS) is 11.5. The number of ether oxygens (including phenoxy) is 3. The molecule has 1 N–H and O–H groups in total. The highest BCUT2D eigenvalue weighted by Crippen LogP contribution is 2.33. The van der Waals surface area contributed by atoms with Crippen LogP contribution in [0.3, 0.4) is 0 Å². The van der Waals surface area contributed by atoms with Crippen molar-refractivity contribution in [2.75, 3.05) is 20.5 Å². The molecule has 0 amide bonds. The van der Waals surface area contributed by atoms with Crippen LogP contribution in [0.25, 0.3) is 0 Å². The van der Waals surface area contributed by atoms with Crippen LogP contribution in [0, 0.1) is 0 Å².